The lowest BCUT2D eigenvalue weighted by atomic mass is 10.0. The Balaban J connectivity index is 2.55. The van der Waals surface area contributed by atoms with Crippen molar-refractivity contribution in [1.29, 1.82) is 0 Å². The van der Waals surface area contributed by atoms with Gasteiger partial charge in [-0.1, -0.05) is 13.8 Å². The van der Waals surface area contributed by atoms with Gasteiger partial charge in [0.25, 0.3) is 0 Å². The summed E-state index contributed by atoms with van der Waals surface area (Å²) in [5, 5.41) is 14.6. The number of nitrogens with one attached hydrogen (secondary N) is 2. The van der Waals surface area contributed by atoms with Gasteiger partial charge >= 0.3 is 12.0 Å². The molecule has 6 nitrogen and oxygen atoms in total. The zero-order valence-electron chi connectivity index (χ0n) is 13.3. The Hall–Kier alpha value is -2.08. The second-order valence-electron chi connectivity index (χ2n) is 5.41. The SMILES string of the molecule is CCOC(=O)c1ccc(NC(=O)NC(CO)CC(C)C)cc1. The van der Waals surface area contributed by atoms with Crippen LogP contribution in [0.3, 0.4) is 0 Å². The average molecular weight is 308 g/mol. The van der Waals surface area contributed by atoms with Gasteiger partial charge in [0, 0.05) is 5.69 Å². The Morgan fingerprint density at radius 2 is 1.86 bits per heavy atom. The Morgan fingerprint density at radius 1 is 1.23 bits per heavy atom. The lowest BCUT2D eigenvalue weighted by Gasteiger charge is -2.18. The highest BCUT2D eigenvalue weighted by Gasteiger charge is 2.13. The van der Waals surface area contributed by atoms with Crippen molar-refractivity contribution in [2.75, 3.05) is 18.5 Å². The van der Waals surface area contributed by atoms with Crippen molar-refractivity contribution in [3.05, 3.63) is 29.8 Å². The van der Waals surface area contributed by atoms with E-state index < -0.39 is 5.97 Å². The number of hydrogen-bond donors (Lipinski definition) is 3. The minimum absolute atomic E-state index is 0.104. The molecule has 0 aliphatic heterocycles. The molecular formula is C16H24N2O4. The quantitative estimate of drug-likeness (QED) is 0.675. The molecule has 0 saturated carbocycles. The topological polar surface area (TPSA) is 87.7 Å². The monoisotopic (exact) mass is 308 g/mol. The van der Waals surface area contributed by atoms with Gasteiger partial charge in [-0.05, 0) is 43.5 Å². The third-order valence-electron chi connectivity index (χ3n) is 2.97. The Morgan fingerprint density at radius 3 is 2.36 bits per heavy atom. The standard InChI is InChI=1S/C16H24N2O4/c1-4-22-15(20)12-5-7-13(8-6-12)17-16(21)18-14(10-19)9-11(2)3/h5-8,11,14,19H,4,9-10H2,1-3H3,(H2,17,18,21). The minimum Gasteiger partial charge on any atom is -0.462 e. The first kappa shape index (κ1) is 18.0. The van der Waals surface area contributed by atoms with Crippen LogP contribution in [0.5, 0.6) is 0 Å². The van der Waals surface area contributed by atoms with Gasteiger partial charge in [0.15, 0.2) is 0 Å². The van der Waals surface area contributed by atoms with Crippen molar-refractivity contribution in [2.45, 2.75) is 33.2 Å². The van der Waals surface area contributed by atoms with Crippen molar-refractivity contribution in [1.82, 2.24) is 5.32 Å². The number of hydrogen-bond acceptors (Lipinski definition) is 4. The molecule has 0 heterocycles. The van der Waals surface area contributed by atoms with Gasteiger partial charge in [0.1, 0.15) is 0 Å². The van der Waals surface area contributed by atoms with E-state index in [-0.39, 0.29) is 18.7 Å². The summed E-state index contributed by atoms with van der Waals surface area (Å²) in [6.45, 7) is 6.01. The fourth-order valence-electron chi connectivity index (χ4n) is 2.00. The number of carbonyl (C=O) groups is 2. The first-order valence-electron chi connectivity index (χ1n) is 7.41. The summed E-state index contributed by atoms with van der Waals surface area (Å²) in [6.07, 6.45) is 0.700. The largest absolute Gasteiger partial charge is 0.462 e. The van der Waals surface area contributed by atoms with Crippen LogP contribution < -0.4 is 10.6 Å². The summed E-state index contributed by atoms with van der Waals surface area (Å²) in [6, 6.07) is 5.77. The molecule has 0 spiro atoms. The molecule has 22 heavy (non-hydrogen) atoms. The maximum absolute atomic E-state index is 11.9. The van der Waals surface area contributed by atoms with Crippen LogP contribution in [-0.4, -0.2) is 36.4 Å². The van der Waals surface area contributed by atoms with E-state index in [1.807, 2.05) is 13.8 Å². The first-order valence-corrected chi connectivity index (χ1v) is 7.41. The molecule has 0 fully saturated rings. The number of amides is 2. The summed E-state index contributed by atoms with van der Waals surface area (Å²) < 4.78 is 4.89. The molecule has 1 atom stereocenters. The Labute approximate surface area is 130 Å². The van der Waals surface area contributed by atoms with Gasteiger partial charge in [-0.25, -0.2) is 9.59 Å². The summed E-state index contributed by atoms with van der Waals surface area (Å²) in [5.74, 6) is -0.0166. The van der Waals surface area contributed by atoms with Crippen LogP contribution in [0.15, 0.2) is 24.3 Å². The van der Waals surface area contributed by atoms with Crippen molar-refractivity contribution in [3.63, 3.8) is 0 Å². The van der Waals surface area contributed by atoms with E-state index in [2.05, 4.69) is 10.6 Å². The van der Waals surface area contributed by atoms with Crippen LogP contribution in [-0.2, 0) is 4.74 Å². The molecule has 1 unspecified atom stereocenters. The number of benzene rings is 1. The van der Waals surface area contributed by atoms with Gasteiger partial charge < -0.3 is 20.5 Å². The number of anilines is 1. The number of carbonyl (C=O) groups excluding carboxylic acids is 2. The van der Waals surface area contributed by atoms with E-state index in [1.165, 1.54) is 0 Å². The predicted molar refractivity (Wildman–Crippen MR) is 84.9 cm³/mol. The number of aliphatic hydroxyl groups excluding tert-OH is 1. The highest BCUT2D eigenvalue weighted by atomic mass is 16.5. The summed E-state index contributed by atoms with van der Waals surface area (Å²) in [4.78, 5) is 23.4. The van der Waals surface area contributed by atoms with Crippen LogP contribution in [0.25, 0.3) is 0 Å². The maximum Gasteiger partial charge on any atom is 0.338 e. The van der Waals surface area contributed by atoms with Gasteiger partial charge in [0.05, 0.1) is 24.8 Å². The number of rotatable bonds is 7. The van der Waals surface area contributed by atoms with Gasteiger partial charge in [-0.2, -0.15) is 0 Å². The predicted octanol–water partition coefficient (Wildman–Crippen LogP) is 2.39. The number of urea groups is 1. The summed E-state index contributed by atoms with van der Waals surface area (Å²) >= 11 is 0. The lowest BCUT2D eigenvalue weighted by molar-refractivity contribution is 0.0526. The van der Waals surface area contributed by atoms with Crippen LogP contribution in [0.4, 0.5) is 10.5 Å². The number of ether oxygens (including phenoxy) is 1. The van der Waals surface area contributed by atoms with E-state index in [1.54, 1.807) is 31.2 Å². The molecule has 0 aliphatic carbocycles. The molecule has 0 bridgehead atoms. The third kappa shape index (κ3) is 6.13. The molecule has 1 aromatic carbocycles. The molecule has 122 valence electrons. The Kier molecular flexibility index (Phi) is 7.39. The van der Waals surface area contributed by atoms with Gasteiger partial charge in [-0.3, -0.25) is 0 Å². The molecule has 1 aromatic rings. The second kappa shape index (κ2) is 9.04. The van der Waals surface area contributed by atoms with Crippen molar-refractivity contribution in [3.8, 4) is 0 Å². The second-order valence-corrected chi connectivity index (χ2v) is 5.41. The molecule has 3 N–H and O–H groups in total. The molecule has 0 aliphatic rings. The first-order chi connectivity index (χ1) is 10.5. The fraction of sp³-hybridized carbons (Fsp3) is 0.500. The van der Waals surface area contributed by atoms with Crippen molar-refractivity contribution >= 4 is 17.7 Å². The summed E-state index contributed by atoms with van der Waals surface area (Å²) in [5.41, 5.74) is 0.993. The van der Waals surface area contributed by atoms with E-state index in [9.17, 15) is 14.7 Å². The number of aliphatic hydroxyl groups is 1. The molecular weight excluding hydrogens is 284 g/mol. The lowest BCUT2D eigenvalue weighted by Crippen LogP contribution is -2.40. The van der Waals surface area contributed by atoms with E-state index >= 15 is 0 Å². The van der Waals surface area contributed by atoms with Crippen molar-refractivity contribution in [2.24, 2.45) is 5.92 Å². The highest BCUT2D eigenvalue weighted by Crippen LogP contribution is 2.11. The summed E-state index contributed by atoms with van der Waals surface area (Å²) in [7, 11) is 0. The van der Waals surface area contributed by atoms with E-state index in [0.717, 1.165) is 0 Å². The molecule has 0 radical (unpaired) electrons. The van der Waals surface area contributed by atoms with Crippen molar-refractivity contribution < 1.29 is 19.4 Å². The van der Waals surface area contributed by atoms with Crippen LogP contribution in [0.1, 0.15) is 37.6 Å². The molecule has 2 amide bonds. The van der Waals surface area contributed by atoms with Crippen LogP contribution >= 0.6 is 0 Å². The van der Waals surface area contributed by atoms with Crippen LogP contribution in [0.2, 0.25) is 0 Å². The average Bonchev–Trinajstić information content (AvgIpc) is 2.47. The maximum atomic E-state index is 11.9. The Bertz CT molecular complexity index is 485. The number of esters is 1. The fourth-order valence-corrected chi connectivity index (χ4v) is 2.00. The normalized spacial score (nSPS) is 11.9. The molecule has 1 rings (SSSR count). The van der Waals surface area contributed by atoms with Gasteiger partial charge in [0.2, 0.25) is 0 Å². The third-order valence-corrected chi connectivity index (χ3v) is 2.97. The van der Waals surface area contributed by atoms with Gasteiger partial charge in [-0.15, -0.1) is 0 Å². The molecule has 0 saturated heterocycles. The minimum atomic E-state index is -0.393. The molecule has 0 aromatic heterocycles. The zero-order valence-corrected chi connectivity index (χ0v) is 13.3. The van der Waals surface area contributed by atoms with E-state index in [4.69, 9.17) is 4.74 Å². The molecule has 6 heteroatoms. The van der Waals surface area contributed by atoms with Crippen LogP contribution in [0, 0.1) is 5.92 Å². The highest BCUT2D eigenvalue weighted by molar-refractivity contribution is 5.92. The smallest absolute Gasteiger partial charge is 0.338 e. The van der Waals surface area contributed by atoms with E-state index in [0.29, 0.717) is 30.2 Å². The zero-order chi connectivity index (χ0) is 16.5.